The molecule has 0 radical (unpaired) electrons. The van der Waals surface area contributed by atoms with E-state index in [1.54, 1.807) is 6.33 Å². The smallest absolute Gasteiger partial charge is 0.164 e. The number of aromatic nitrogens is 4. The van der Waals surface area contributed by atoms with Crippen molar-refractivity contribution in [3.8, 4) is 0 Å². The zero-order valence-electron chi connectivity index (χ0n) is 7.24. The summed E-state index contributed by atoms with van der Waals surface area (Å²) in [6.07, 6.45) is 4.25. The predicted molar refractivity (Wildman–Crippen MR) is 50.6 cm³/mol. The summed E-state index contributed by atoms with van der Waals surface area (Å²) >= 11 is 5.84. The Kier molecular flexibility index (Phi) is 2.14. The molecule has 0 amide bonds. The summed E-state index contributed by atoms with van der Waals surface area (Å²) in [6, 6.07) is 0. The summed E-state index contributed by atoms with van der Waals surface area (Å²) in [5.74, 6) is 0. The van der Waals surface area contributed by atoms with Crippen molar-refractivity contribution in [3.05, 3.63) is 17.8 Å². The molecular formula is C8H9ClN4. The molecule has 2 aromatic heterocycles. The molecule has 2 heterocycles. The lowest BCUT2D eigenvalue weighted by atomic mass is 10.4. The van der Waals surface area contributed by atoms with Crippen LogP contribution in [-0.4, -0.2) is 19.5 Å². The topological polar surface area (TPSA) is 43.6 Å². The molecule has 0 spiro atoms. The second kappa shape index (κ2) is 3.30. The van der Waals surface area contributed by atoms with Gasteiger partial charge in [-0.25, -0.2) is 15.0 Å². The molecule has 13 heavy (non-hydrogen) atoms. The number of imidazole rings is 1. The van der Waals surface area contributed by atoms with Gasteiger partial charge < -0.3 is 4.57 Å². The molecule has 68 valence electrons. The van der Waals surface area contributed by atoms with Crippen LogP contribution in [0.4, 0.5) is 0 Å². The SMILES string of the molecule is CCCn1cnc2c(Cl)ncnc21. The summed E-state index contributed by atoms with van der Waals surface area (Å²) in [4.78, 5) is 12.1. The van der Waals surface area contributed by atoms with Gasteiger partial charge in [-0.2, -0.15) is 0 Å². The summed E-state index contributed by atoms with van der Waals surface area (Å²) in [5.41, 5.74) is 1.49. The summed E-state index contributed by atoms with van der Waals surface area (Å²) in [7, 11) is 0. The second-order valence-electron chi connectivity index (χ2n) is 2.77. The van der Waals surface area contributed by atoms with E-state index in [0.717, 1.165) is 18.6 Å². The van der Waals surface area contributed by atoms with Gasteiger partial charge in [-0.1, -0.05) is 18.5 Å². The average Bonchev–Trinajstić information content (AvgIpc) is 2.51. The van der Waals surface area contributed by atoms with E-state index in [0.29, 0.717) is 10.7 Å². The maximum Gasteiger partial charge on any atom is 0.164 e. The summed E-state index contributed by atoms with van der Waals surface area (Å²) in [6.45, 7) is 3.01. The highest BCUT2D eigenvalue weighted by Crippen LogP contribution is 2.16. The van der Waals surface area contributed by atoms with Crippen molar-refractivity contribution in [1.29, 1.82) is 0 Å². The first-order valence-corrected chi connectivity index (χ1v) is 4.52. The largest absolute Gasteiger partial charge is 0.315 e. The maximum atomic E-state index is 5.84. The molecule has 0 aliphatic rings. The summed E-state index contributed by atoms with van der Waals surface area (Å²) < 4.78 is 1.98. The second-order valence-corrected chi connectivity index (χ2v) is 3.13. The first kappa shape index (κ1) is 8.44. The molecule has 5 heteroatoms. The standard InChI is InChI=1S/C8H9ClN4/c1-2-3-13-5-12-6-7(9)10-4-11-8(6)13/h4-5H,2-3H2,1H3. The fraction of sp³-hybridized carbons (Fsp3) is 0.375. The van der Waals surface area contributed by atoms with Gasteiger partial charge in [0.15, 0.2) is 10.8 Å². The molecule has 0 atom stereocenters. The van der Waals surface area contributed by atoms with Crippen molar-refractivity contribution in [2.45, 2.75) is 19.9 Å². The Labute approximate surface area is 80.6 Å². The molecule has 0 aliphatic carbocycles. The van der Waals surface area contributed by atoms with Crippen LogP contribution in [0.25, 0.3) is 11.2 Å². The van der Waals surface area contributed by atoms with Crippen molar-refractivity contribution in [2.75, 3.05) is 0 Å². The third-order valence-corrected chi connectivity index (χ3v) is 2.10. The van der Waals surface area contributed by atoms with Crippen molar-refractivity contribution in [1.82, 2.24) is 19.5 Å². The van der Waals surface area contributed by atoms with Crippen LogP contribution in [-0.2, 0) is 6.54 Å². The van der Waals surface area contributed by atoms with Crippen LogP contribution < -0.4 is 0 Å². The highest BCUT2D eigenvalue weighted by atomic mass is 35.5. The van der Waals surface area contributed by atoms with Gasteiger partial charge in [0.05, 0.1) is 6.33 Å². The number of hydrogen-bond donors (Lipinski definition) is 0. The van der Waals surface area contributed by atoms with Crippen LogP contribution in [0.1, 0.15) is 13.3 Å². The molecule has 4 nitrogen and oxygen atoms in total. The first-order chi connectivity index (χ1) is 6.33. The number of hydrogen-bond acceptors (Lipinski definition) is 3. The fourth-order valence-electron chi connectivity index (χ4n) is 1.26. The van der Waals surface area contributed by atoms with Crippen LogP contribution in [0.15, 0.2) is 12.7 Å². The minimum atomic E-state index is 0.417. The van der Waals surface area contributed by atoms with Crippen LogP contribution in [0.2, 0.25) is 5.15 Å². The molecule has 0 bridgehead atoms. The number of halogens is 1. The monoisotopic (exact) mass is 196 g/mol. The van der Waals surface area contributed by atoms with E-state index in [-0.39, 0.29) is 0 Å². The van der Waals surface area contributed by atoms with Crippen molar-refractivity contribution < 1.29 is 0 Å². The van der Waals surface area contributed by atoms with Gasteiger partial charge in [0, 0.05) is 6.54 Å². The molecule has 0 unspecified atom stereocenters. The Bertz CT molecular complexity index is 423. The average molecular weight is 197 g/mol. The highest BCUT2D eigenvalue weighted by molar-refractivity contribution is 6.33. The van der Waals surface area contributed by atoms with Gasteiger partial charge in [-0.15, -0.1) is 0 Å². The number of rotatable bonds is 2. The fourth-order valence-corrected chi connectivity index (χ4v) is 1.43. The Morgan fingerprint density at radius 1 is 1.38 bits per heavy atom. The molecule has 0 saturated carbocycles. The third kappa shape index (κ3) is 1.37. The quantitative estimate of drug-likeness (QED) is 0.689. The highest BCUT2D eigenvalue weighted by Gasteiger charge is 2.06. The van der Waals surface area contributed by atoms with Gasteiger partial charge in [-0.3, -0.25) is 0 Å². The minimum Gasteiger partial charge on any atom is -0.315 e. The van der Waals surface area contributed by atoms with Crippen molar-refractivity contribution >= 4 is 22.8 Å². The van der Waals surface area contributed by atoms with E-state index in [1.807, 2.05) is 4.57 Å². The van der Waals surface area contributed by atoms with Gasteiger partial charge in [-0.05, 0) is 6.42 Å². The molecule has 0 fully saturated rings. The Hall–Kier alpha value is -1.16. The summed E-state index contributed by atoms with van der Waals surface area (Å²) in [5, 5.41) is 0.417. The van der Waals surface area contributed by atoms with Gasteiger partial charge in [0.2, 0.25) is 0 Å². The van der Waals surface area contributed by atoms with Crippen LogP contribution in [0.3, 0.4) is 0 Å². The van der Waals surface area contributed by atoms with Gasteiger partial charge >= 0.3 is 0 Å². The normalized spacial score (nSPS) is 10.9. The zero-order valence-corrected chi connectivity index (χ0v) is 7.99. The molecule has 0 saturated heterocycles. The van der Waals surface area contributed by atoms with Gasteiger partial charge in [0.25, 0.3) is 0 Å². The van der Waals surface area contributed by atoms with Crippen LogP contribution >= 0.6 is 11.6 Å². The van der Waals surface area contributed by atoms with Crippen LogP contribution in [0, 0.1) is 0 Å². The molecule has 0 N–H and O–H groups in total. The van der Waals surface area contributed by atoms with E-state index < -0.39 is 0 Å². The number of nitrogens with zero attached hydrogens (tertiary/aromatic N) is 4. The Morgan fingerprint density at radius 2 is 2.23 bits per heavy atom. The van der Waals surface area contributed by atoms with Crippen molar-refractivity contribution in [3.63, 3.8) is 0 Å². The third-order valence-electron chi connectivity index (χ3n) is 1.82. The van der Waals surface area contributed by atoms with Crippen LogP contribution in [0.5, 0.6) is 0 Å². The van der Waals surface area contributed by atoms with Gasteiger partial charge in [0.1, 0.15) is 11.8 Å². The lowest BCUT2D eigenvalue weighted by molar-refractivity contribution is 0.691. The van der Waals surface area contributed by atoms with E-state index in [9.17, 15) is 0 Å². The van der Waals surface area contributed by atoms with E-state index in [4.69, 9.17) is 11.6 Å². The van der Waals surface area contributed by atoms with E-state index in [2.05, 4.69) is 21.9 Å². The lowest BCUT2D eigenvalue weighted by Gasteiger charge is -1.98. The Balaban J connectivity index is 2.61. The minimum absolute atomic E-state index is 0.417. The molecule has 2 aromatic rings. The van der Waals surface area contributed by atoms with E-state index in [1.165, 1.54) is 6.33 Å². The molecule has 0 aromatic carbocycles. The number of fused-ring (bicyclic) bond motifs is 1. The Morgan fingerprint density at radius 3 is 3.00 bits per heavy atom. The first-order valence-electron chi connectivity index (χ1n) is 4.14. The molecular weight excluding hydrogens is 188 g/mol. The maximum absolute atomic E-state index is 5.84. The number of aryl methyl sites for hydroxylation is 1. The predicted octanol–water partition coefficient (Wildman–Crippen LogP) is 1.89. The molecule has 0 aliphatic heterocycles. The van der Waals surface area contributed by atoms with E-state index >= 15 is 0 Å². The van der Waals surface area contributed by atoms with Crippen molar-refractivity contribution in [2.24, 2.45) is 0 Å². The zero-order chi connectivity index (χ0) is 9.26. The molecule has 2 rings (SSSR count). The lowest BCUT2D eigenvalue weighted by Crippen LogP contribution is -1.95.